The Morgan fingerprint density at radius 3 is 1.76 bits per heavy atom. The van der Waals surface area contributed by atoms with E-state index >= 15 is 0 Å². The van der Waals surface area contributed by atoms with E-state index in [1.54, 1.807) is 0 Å². The van der Waals surface area contributed by atoms with Gasteiger partial charge in [0.25, 0.3) is 0 Å². The Morgan fingerprint density at radius 2 is 1.05 bits per heavy atom. The molecule has 0 unspecified atom stereocenters. The van der Waals surface area contributed by atoms with Crippen LogP contribution >= 0.6 is 11.8 Å². The van der Waals surface area contributed by atoms with Crippen LogP contribution in [0.25, 0.3) is 61.7 Å². The Balaban J connectivity index is 1.42. The molecule has 0 saturated carbocycles. The number of para-hydroxylation sites is 2. The van der Waals surface area contributed by atoms with Gasteiger partial charge in [0.1, 0.15) is 0 Å². The van der Waals surface area contributed by atoms with Crippen molar-refractivity contribution in [3.8, 4) is 39.9 Å². The first kappa shape index (κ1) is 21.4. The molecule has 0 radical (unpaired) electrons. The Labute approximate surface area is 223 Å². The summed E-state index contributed by atoms with van der Waals surface area (Å²) in [6.07, 6.45) is 0. The zero-order valence-corrected chi connectivity index (χ0v) is 21.1. The number of hydrogen-bond donors (Lipinski definition) is 0. The molecule has 1 aliphatic heterocycles. The molecular formula is C33H20N4S. The third kappa shape index (κ3) is 3.29. The lowest BCUT2D eigenvalue weighted by atomic mass is 10.1. The summed E-state index contributed by atoms with van der Waals surface area (Å²) < 4.78 is 2.40. The summed E-state index contributed by atoms with van der Waals surface area (Å²) in [5.74, 6) is 2.01. The molecule has 38 heavy (non-hydrogen) atoms. The Hall–Kier alpha value is -4.74. The van der Waals surface area contributed by atoms with Crippen LogP contribution in [0.1, 0.15) is 0 Å². The van der Waals surface area contributed by atoms with E-state index in [1.807, 2.05) is 72.4 Å². The highest BCUT2D eigenvalue weighted by molar-refractivity contribution is 7.99. The maximum Gasteiger partial charge on any atom is 0.164 e. The Bertz CT molecular complexity index is 1940. The fourth-order valence-electron chi connectivity index (χ4n) is 5.30. The molecular weight excluding hydrogens is 484 g/mol. The average Bonchev–Trinajstić information content (AvgIpc) is 3.33. The van der Waals surface area contributed by atoms with E-state index in [9.17, 15) is 0 Å². The fourth-order valence-corrected chi connectivity index (χ4v) is 6.43. The van der Waals surface area contributed by atoms with Crippen molar-refractivity contribution < 1.29 is 0 Å². The minimum absolute atomic E-state index is 0.670. The molecule has 0 amide bonds. The van der Waals surface area contributed by atoms with Crippen LogP contribution in [0, 0.1) is 0 Å². The molecule has 8 rings (SSSR count). The van der Waals surface area contributed by atoms with E-state index in [0.29, 0.717) is 17.5 Å². The topological polar surface area (TPSA) is 43.6 Å². The summed E-state index contributed by atoms with van der Waals surface area (Å²) in [4.78, 5) is 17.3. The van der Waals surface area contributed by atoms with Crippen LogP contribution in [0.2, 0.25) is 0 Å². The van der Waals surface area contributed by atoms with Crippen molar-refractivity contribution in [2.45, 2.75) is 9.79 Å². The van der Waals surface area contributed by atoms with E-state index in [2.05, 4.69) is 65.2 Å². The molecule has 0 saturated heterocycles. The lowest BCUT2D eigenvalue weighted by Crippen LogP contribution is -2.03. The van der Waals surface area contributed by atoms with E-state index in [-0.39, 0.29) is 0 Å². The first-order valence-electron chi connectivity index (χ1n) is 12.6. The molecule has 0 fully saturated rings. The molecule has 0 atom stereocenters. The molecule has 5 heteroatoms. The summed E-state index contributed by atoms with van der Waals surface area (Å²) in [6, 6.07) is 42.0. The summed E-state index contributed by atoms with van der Waals surface area (Å²) in [5.41, 5.74) is 6.59. The highest BCUT2D eigenvalue weighted by Crippen LogP contribution is 2.48. The van der Waals surface area contributed by atoms with Gasteiger partial charge < -0.3 is 4.57 Å². The average molecular weight is 505 g/mol. The van der Waals surface area contributed by atoms with Gasteiger partial charge in [-0.3, -0.25) is 0 Å². The number of benzene rings is 5. The van der Waals surface area contributed by atoms with Crippen molar-refractivity contribution in [3.05, 3.63) is 121 Å². The predicted molar refractivity (Wildman–Crippen MR) is 155 cm³/mol. The molecule has 0 spiro atoms. The van der Waals surface area contributed by atoms with Crippen LogP contribution in [0.3, 0.4) is 0 Å². The molecule has 0 aliphatic carbocycles. The van der Waals surface area contributed by atoms with Gasteiger partial charge in [0, 0.05) is 37.3 Å². The first-order valence-corrected chi connectivity index (χ1v) is 13.4. The predicted octanol–water partition coefficient (Wildman–Crippen LogP) is 8.43. The van der Waals surface area contributed by atoms with Crippen LogP contribution in [0.4, 0.5) is 0 Å². The van der Waals surface area contributed by atoms with Crippen molar-refractivity contribution in [2.24, 2.45) is 0 Å². The van der Waals surface area contributed by atoms with Crippen LogP contribution in [-0.2, 0) is 0 Å². The van der Waals surface area contributed by atoms with Gasteiger partial charge >= 0.3 is 0 Å². The highest BCUT2D eigenvalue weighted by atomic mass is 32.2. The normalized spacial score (nSPS) is 12.1. The maximum absolute atomic E-state index is 4.99. The summed E-state index contributed by atoms with van der Waals surface area (Å²) in [7, 11) is 0. The molecule has 1 aliphatic rings. The monoisotopic (exact) mass is 504 g/mol. The van der Waals surface area contributed by atoms with Crippen LogP contribution in [-0.4, -0.2) is 19.5 Å². The lowest BCUT2D eigenvalue weighted by molar-refractivity contribution is 1.07. The van der Waals surface area contributed by atoms with Gasteiger partial charge in [-0.05, 0) is 30.3 Å². The standard InChI is InChI=1S/C33H20N4S/c1-3-11-21(12-4-1)31-34-32(22-13-5-2-6-14-22)36-33(35-31)23-19-25-24-15-7-8-16-26(24)37-27-17-9-10-18-28(27)38-29(20-23)30(25)37/h1-20H. The van der Waals surface area contributed by atoms with E-state index < -0.39 is 0 Å². The van der Waals surface area contributed by atoms with Gasteiger partial charge in [0.05, 0.1) is 16.7 Å². The zero-order chi connectivity index (χ0) is 25.1. The highest BCUT2D eigenvalue weighted by Gasteiger charge is 2.24. The molecule has 7 aromatic rings. The molecule has 2 aromatic heterocycles. The molecule has 5 aromatic carbocycles. The molecule has 3 heterocycles. The second-order valence-electron chi connectivity index (χ2n) is 9.33. The van der Waals surface area contributed by atoms with Gasteiger partial charge in [-0.1, -0.05) is 103 Å². The number of rotatable bonds is 3. The van der Waals surface area contributed by atoms with Crippen molar-refractivity contribution in [3.63, 3.8) is 0 Å². The maximum atomic E-state index is 4.99. The third-order valence-electron chi connectivity index (χ3n) is 7.02. The number of hydrogen-bond acceptors (Lipinski definition) is 4. The lowest BCUT2D eigenvalue weighted by Gasteiger charge is -2.20. The minimum Gasteiger partial charge on any atom is -0.307 e. The fraction of sp³-hybridized carbons (Fsp3) is 0. The van der Waals surface area contributed by atoms with Crippen molar-refractivity contribution in [1.82, 2.24) is 19.5 Å². The number of fused-ring (bicyclic) bond motifs is 5. The van der Waals surface area contributed by atoms with Gasteiger partial charge in [0.2, 0.25) is 0 Å². The smallest absolute Gasteiger partial charge is 0.164 e. The quantitative estimate of drug-likeness (QED) is 0.242. The zero-order valence-electron chi connectivity index (χ0n) is 20.2. The summed E-state index contributed by atoms with van der Waals surface area (Å²) in [6.45, 7) is 0. The molecule has 0 N–H and O–H groups in total. The van der Waals surface area contributed by atoms with Crippen molar-refractivity contribution in [1.29, 1.82) is 0 Å². The molecule has 178 valence electrons. The van der Waals surface area contributed by atoms with Gasteiger partial charge in [-0.15, -0.1) is 0 Å². The third-order valence-corrected chi connectivity index (χ3v) is 8.11. The molecule has 0 bridgehead atoms. The van der Waals surface area contributed by atoms with E-state index in [0.717, 1.165) is 16.7 Å². The van der Waals surface area contributed by atoms with Crippen molar-refractivity contribution in [2.75, 3.05) is 0 Å². The second-order valence-corrected chi connectivity index (χ2v) is 10.4. The van der Waals surface area contributed by atoms with Crippen LogP contribution in [0.15, 0.2) is 131 Å². The summed E-state index contributed by atoms with van der Waals surface area (Å²) >= 11 is 1.81. The van der Waals surface area contributed by atoms with Crippen molar-refractivity contribution >= 4 is 33.6 Å². The number of nitrogens with zero attached hydrogens (tertiary/aromatic N) is 4. The Morgan fingerprint density at radius 1 is 0.474 bits per heavy atom. The molecule has 4 nitrogen and oxygen atoms in total. The summed E-state index contributed by atoms with van der Waals surface area (Å²) in [5, 5.41) is 2.43. The van der Waals surface area contributed by atoms with E-state index in [4.69, 9.17) is 15.0 Å². The number of aromatic nitrogens is 4. The van der Waals surface area contributed by atoms with E-state index in [1.165, 1.54) is 37.3 Å². The Kier molecular flexibility index (Phi) is 4.72. The largest absolute Gasteiger partial charge is 0.307 e. The van der Waals surface area contributed by atoms with Crippen LogP contribution < -0.4 is 0 Å². The first-order chi connectivity index (χ1) is 18.8. The second kappa shape index (κ2) is 8.40. The van der Waals surface area contributed by atoms with Crippen LogP contribution in [0.5, 0.6) is 0 Å². The SMILES string of the molecule is c1ccc(-c2nc(-c3ccccc3)nc(-c3cc4c5c(c3)c3ccccc3n5-c3ccccc3S4)n2)cc1. The minimum atomic E-state index is 0.670. The van der Waals surface area contributed by atoms with Gasteiger partial charge in [0.15, 0.2) is 17.5 Å². The van der Waals surface area contributed by atoms with Gasteiger partial charge in [-0.2, -0.15) is 0 Å². The van der Waals surface area contributed by atoms with Gasteiger partial charge in [-0.25, -0.2) is 15.0 Å².